The van der Waals surface area contributed by atoms with Crippen molar-refractivity contribution in [3.8, 4) is 0 Å². The van der Waals surface area contributed by atoms with Crippen molar-refractivity contribution >= 4 is 5.97 Å². The summed E-state index contributed by atoms with van der Waals surface area (Å²) in [4.78, 5) is 13.2. The molecular formula is C53H86O21. The number of allylic oxidation sites excluding steroid dienone is 2. The first kappa shape index (κ1) is 57.1. The van der Waals surface area contributed by atoms with Crippen molar-refractivity contribution in [2.75, 3.05) is 19.8 Å². The third-order valence-corrected chi connectivity index (χ3v) is 21.1. The van der Waals surface area contributed by atoms with Crippen molar-refractivity contribution in [3.05, 3.63) is 11.6 Å². The molecule has 5 aliphatic carbocycles. The van der Waals surface area contributed by atoms with E-state index < -0.39 is 159 Å². The van der Waals surface area contributed by atoms with E-state index in [1.807, 2.05) is 0 Å². The van der Waals surface area contributed by atoms with Gasteiger partial charge in [0, 0.05) is 0 Å². The van der Waals surface area contributed by atoms with Gasteiger partial charge in [-0.2, -0.15) is 0 Å². The number of aliphatic carboxylic acids is 1. The van der Waals surface area contributed by atoms with Crippen molar-refractivity contribution in [1.29, 1.82) is 0 Å². The molecule has 74 heavy (non-hydrogen) atoms. The highest BCUT2D eigenvalue weighted by atomic mass is 16.8. The standard InChI is InChI=1S/C53H86O21/c1-23-32(57)35(60)42(74-43-37(62)33(58)26(56)22-67-43)46(68-23)73-41-34(59)27(20-54)69-45(39(41)64)72-40-28(21-55)70-44(38(63)36(40)61)71-31-12-13-50(6)29(49(31,4)5)11-14-52(8)30(50)10-9-24-25-19-48(2,3)15-17-53(25,47(65)66)18-16-51(24,52)7/h9,23,25-46,54-64H,10-22H2,1-8H3,(H,65,66)/t23-,25+,26-,27-,28-,29+,30-,31+,32-,33-,34+,35+,36-,37+,38-,39-,40+,41-,42-,43+,44+,45-,46+,50+,51-,52-,53+/m1/s1. The lowest BCUT2D eigenvalue weighted by atomic mass is 9.33. The number of carbonyl (C=O) groups is 1. The molecular weight excluding hydrogens is 973 g/mol. The molecule has 0 aromatic heterocycles. The molecule has 0 radical (unpaired) electrons. The van der Waals surface area contributed by atoms with E-state index in [2.05, 4.69) is 54.5 Å². The number of aliphatic hydroxyl groups excluding tert-OH is 11. The Kier molecular flexibility index (Phi) is 15.8. The Balaban J connectivity index is 0.882. The van der Waals surface area contributed by atoms with Crippen LogP contribution in [-0.2, 0) is 42.7 Å². The predicted molar refractivity (Wildman–Crippen MR) is 256 cm³/mol. The average Bonchev–Trinajstić information content (AvgIpc) is 3.34. The van der Waals surface area contributed by atoms with Crippen LogP contribution in [0.5, 0.6) is 0 Å². The summed E-state index contributed by atoms with van der Waals surface area (Å²) in [5.74, 6) is -0.129. The van der Waals surface area contributed by atoms with E-state index >= 15 is 0 Å². The van der Waals surface area contributed by atoms with Crippen LogP contribution < -0.4 is 0 Å². The van der Waals surface area contributed by atoms with E-state index in [-0.39, 0.29) is 33.5 Å². The Morgan fingerprint density at radius 1 is 0.608 bits per heavy atom. The van der Waals surface area contributed by atoms with Gasteiger partial charge in [-0.05, 0) is 116 Å². The van der Waals surface area contributed by atoms with Gasteiger partial charge >= 0.3 is 5.97 Å². The molecule has 21 nitrogen and oxygen atoms in total. The van der Waals surface area contributed by atoms with Gasteiger partial charge in [-0.25, -0.2) is 0 Å². The molecule has 424 valence electrons. The maximum atomic E-state index is 13.2. The van der Waals surface area contributed by atoms with E-state index in [1.165, 1.54) is 12.5 Å². The van der Waals surface area contributed by atoms with Gasteiger partial charge in [-0.1, -0.05) is 60.1 Å². The molecule has 0 aromatic rings. The lowest BCUT2D eigenvalue weighted by Gasteiger charge is -2.71. The molecule has 4 heterocycles. The molecule has 9 aliphatic rings. The summed E-state index contributed by atoms with van der Waals surface area (Å²) < 4.78 is 47.7. The first-order valence-electron chi connectivity index (χ1n) is 27.1. The van der Waals surface area contributed by atoms with Crippen LogP contribution in [0, 0.1) is 50.2 Å². The molecule has 0 bridgehead atoms. The van der Waals surface area contributed by atoms with Gasteiger partial charge in [0.1, 0.15) is 85.5 Å². The summed E-state index contributed by atoms with van der Waals surface area (Å²) in [6, 6.07) is 0. The number of ether oxygens (including phenoxy) is 8. The highest BCUT2D eigenvalue weighted by Crippen LogP contribution is 2.76. The van der Waals surface area contributed by atoms with Gasteiger partial charge in [0.2, 0.25) is 0 Å². The summed E-state index contributed by atoms with van der Waals surface area (Å²) >= 11 is 0. The van der Waals surface area contributed by atoms with Crippen molar-refractivity contribution in [2.45, 2.75) is 242 Å². The largest absolute Gasteiger partial charge is 0.481 e. The molecule has 21 heteroatoms. The second kappa shape index (κ2) is 20.5. The maximum Gasteiger partial charge on any atom is 0.310 e. The molecule has 9 rings (SSSR count). The normalized spacial score (nSPS) is 54.1. The third-order valence-electron chi connectivity index (χ3n) is 21.1. The lowest BCUT2D eigenvalue weighted by Crippen LogP contribution is -2.67. The zero-order chi connectivity index (χ0) is 54.0. The Bertz CT molecular complexity index is 2040. The fourth-order valence-corrected chi connectivity index (χ4v) is 16.3. The van der Waals surface area contributed by atoms with Crippen LogP contribution in [0.15, 0.2) is 11.6 Å². The highest BCUT2D eigenvalue weighted by molar-refractivity contribution is 5.76. The molecule has 0 spiro atoms. The minimum atomic E-state index is -1.97. The van der Waals surface area contributed by atoms with Crippen molar-refractivity contribution in [2.24, 2.45) is 50.2 Å². The molecule has 0 aromatic carbocycles. The summed E-state index contributed by atoms with van der Waals surface area (Å²) in [6.07, 6.45) is -21.1. The van der Waals surface area contributed by atoms with E-state index in [4.69, 9.17) is 37.9 Å². The third kappa shape index (κ3) is 9.17. The molecule has 0 unspecified atom stereocenters. The molecule has 4 aliphatic heterocycles. The van der Waals surface area contributed by atoms with Crippen LogP contribution in [-0.4, -0.2) is 210 Å². The van der Waals surface area contributed by atoms with E-state index in [0.717, 1.165) is 44.9 Å². The molecule has 4 saturated heterocycles. The average molecular weight is 1060 g/mol. The van der Waals surface area contributed by atoms with Crippen molar-refractivity contribution < 1.29 is 104 Å². The minimum Gasteiger partial charge on any atom is -0.481 e. The van der Waals surface area contributed by atoms with Crippen molar-refractivity contribution in [1.82, 2.24) is 0 Å². The topological polar surface area (TPSA) is 334 Å². The number of hydrogen-bond acceptors (Lipinski definition) is 20. The summed E-state index contributed by atoms with van der Waals surface area (Å²) in [5.41, 5.74) is -0.0676. The first-order valence-corrected chi connectivity index (χ1v) is 27.1. The zero-order valence-electron chi connectivity index (χ0n) is 44.1. The number of carboxylic acid groups (broad SMARTS) is 1. The number of carboxylic acids is 1. The molecule has 4 saturated carbocycles. The van der Waals surface area contributed by atoms with Gasteiger partial charge in [0.15, 0.2) is 25.2 Å². The molecule has 12 N–H and O–H groups in total. The fourth-order valence-electron chi connectivity index (χ4n) is 16.3. The summed E-state index contributed by atoms with van der Waals surface area (Å²) in [6.45, 7) is 15.6. The summed E-state index contributed by atoms with van der Waals surface area (Å²) in [7, 11) is 0. The van der Waals surface area contributed by atoms with Crippen LogP contribution >= 0.6 is 0 Å². The van der Waals surface area contributed by atoms with E-state index in [1.54, 1.807) is 0 Å². The number of fused-ring (bicyclic) bond motifs is 7. The number of hydrogen-bond donors (Lipinski definition) is 12. The van der Waals surface area contributed by atoms with E-state index in [9.17, 15) is 66.1 Å². The zero-order valence-corrected chi connectivity index (χ0v) is 44.1. The van der Waals surface area contributed by atoms with Gasteiger partial charge in [-0.15, -0.1) is 0 Å². The summed E-state index contributed by atoms with van der Waals surface area (Å²) in [5, 5.41) is 131. The van der Waals surface area contributed by atoms with Crippen LogP contribution in [0.4, 0.5) is 0 Å². The van der Waals surface area contributed by atoms with Crippen LogP contribution in [0.25, 0.3) is 0 Å². The Hall–Kier alpha value is -1.55. The Morgan fingerprint density at radius 2 is 1.22 bits per heavy atom. The van der Waals surface area contributed by atoms with Crippen LogP contribution in [0.2, 0.25) is 0 Å². The smallest absolute Gasteiger partial charge is 0.310 e. The second-order valence-electron chi connectivity index (χ2n) is 25.8. The van der Waals surface area contributed by atoms with Crippen molar-refractivity contribution in [3.63, 3.8) is 0 Å². The fraction of sp³-hybridized carbons (Fsp3) is 0.943. The van der Waals surface area contributed by atoms with Gasteiger partial charge in [-0.3, -0.25) is 4.79 Å². The second-order valence-corrected chi connectivity index (χ2v) is 25.8. The van der Waals surface area contributed by atoms with Gasteiger partial charge in [0.05, 0.1) is 37.4 Å². The molecule has 0 amide bonds. The molecule has 27 atom stereocenters. The van der Waals surface area contributed by atoms with Crippen LogP contribution in [0.3, 0.4) is 0 Å². The van der Waals surface area contributed by atoms with Gasteiger partial charge < -0.3 is 99.2 Å². The van der Waals surface area contributed by atoms with Gasteiger partial charge in [0.25, 0.3) is 0 Å². The SMILES string of the molecule is C[C@H]1O[C@@H](O[C@@H]2[C@@H](O)[C@@H](CO)O[C@H](O[C@@H]3[C@H](O)[C@@H](O)[C@H](O[C@H]4CC[C@]5(C)[C@H]6CC=C7[C@@H]8CC(C)(C)CC[C@]8(C(=O)O)CC[C@@]7(C)[C@]6(C)CC[C@H]5C4(C)C)O[C@@H]3CO)[C@@H]2O)[C@H](O[C@@H]2OC[C@@H](O)[C@@H](O)[C@@H]2O)[C@@H](O)[C@@H]1O. The molecule has 8 fully saturated rings. The van der Waals surface area contributed by atoms with E-state index in [0.29, 0.717) is 25.2 Å². The number of rotatable bonds is 11. The number of aliphatic hydroxyl groups is 11. The minimum absolute atomic E-state index is 0.00882. The quantitative estimate of drug-likeness (QED) is 0.0971. The maximum absolute atomic E-state index is 13.2. The Labute approximate surface area is 433 Å². The van der Waals surface area contributed by atoms with Crippen LogP contribution in [0.1, 0.15) is 120 Å². The lowest BCUT2D eigenvalue weighted by molar-refractivity contribution is -0.393. The first-order chi connectivity index (χ1) is 34.6. The predicted octanol–water partition coefficient (Wildman–Crippen LogP) is 0.197. The highest BCUT2D eigenvalue weighted by Gasteiger charge is 2.70. The monoisotopic (exact) mass is 1060 g/mol. The Morgan fingerprint density at radius 3 is 1.89 bits per heavy atom.